The van der Waals surface area contributed by atoms with Crippen LogP contribution < -0.4 is 0 Å². The molecule has 2 rings (SSSR count). The van der Waals surface area contributed by atoms with Gasteiger partial charge in [0.25, 0.3) is 0 Å². The molecule has 0 aliphatic carbocycles. The number of benzene rings is 1. The standard InChI is InChI=1S/C13H16F3NO2S/c1-2-20(18,19)17-9-5-8-12(17)10-6-3-4-7-11(10)13(14,15)16/h3-4,6-7,12H,2,5,8-9H2,1H3. The van der Waals surface area contributed by atoms with Crippen LogP contribution in [0.25, 0.3) is 0 Å². The van der Waals surface area contributed by atoms with Crippen molar-refractivity contribution in [2.45, 2.75) is 32.0 Å². The zero-order valence-electron chi connectivity index (χ0n) is 11.0. The predicted octanol–water partition coefficient (Wildman–Crippen LogP) is 3.19. The van der Waals surface area contributed by atoms with Gasteiger partial charge in [-0.2, -0.15) is 17.5 Å². The zero-order chi connectivity index (χ0) is 15.0. The summed E-state index contributed by atoms with van der Waals surface area (Å²) in [5.41, 5.74) is -0.697. The van der Waals surface area contributed by atoms with Crippen molar-refractivity contribution in [2.75, 3.05) is 12.3 Å². The molecular formula is C13H16F3NO2S. The Labute approximate surface area is 116 Å². The molecule has 112 valence electrons. The molecule has 1 unspecified atom stereocenters. The van der Waals surface area contributed by atoms with Crippen molar-refractivity contribution in [3.05, 3.63) is 35.4 Å². The fourth-order valence-corrected chi connectivity index (χ4v) is 3.94. The molecule has 1 heterocycles. The summed E-state index contributed by atoms with van der Waals surface area (Å²) in [6.45, 7) is 1.79. The van der Waals surface area contributed by atoms with Gasteiger partial charge in [-0.15, -0.1) is 0 Å². The van der Waals surface area contributed by atoms with Crippen molar-refractivity contribution in [2.24, 2.45) is 0 Å². The Morgan fingerprint density at radius 3 is 2.55 bits per heavy atom. The molecule has 0 bridgehead atoms. The fraction of sp³-hybridized carbons (Fsp3) is 0.538. The quantitative estimate of drug-likeness (QED) is 0.860. The Morgan fingerprint density at radius 2 is 1.95 bits per heavy atom. The van der Waals surface area contributed by atoms with Crippen molar-refractivity contribution in [3.63, 3.8) is 0 Å². The van der Waals surface area contributed by atoms with Gasteiger partial charge in [-0.3, -0.25) is 0 Å². The number of alkyl halides is 3. The zero-order valence-corrected chi connectivity index (χ0v) is 11.8. The first-order valence-electron chi connectivity index (χ1n) is 6.43. The van der Waals surface area contributed by atoms with Crippen molar-refractivity contribution in [3.8, 4) is 0 Å². The first-order chi connectivity index (χ1) is 9.27. The summed E-state index contributed by atoms with van der Waals surface area (Å²) in [5, 5.41) is 0. The molecule has 20 heavy (non-hydrogen) atoms. The first-order valence-corrected chi connectivity index (χ1v) is 8.04. The molecule has 1 aromatic rings. The van der Waals surface area contributed by atoms with Crippen molar-refractivity contribution in [1.29, 1.82) is 0 Å². The summed E-state index contributed by atoms with van der Waals surface area (Å²) in [7, 11) is -3.49. The number of hydrogen-bond donors (Lipinski definition) is 0. The molecule has 3 nitrogen and oxygen atoms in total. The minimum absolute atomic E-state index is 0.0505. The molecule has 7 heteroatoms. The Hall–Kier alpha value is -1.08. The van der Waals surface area contributed by atoms with Crippen LogP contribution in [0.4, 0.5) is 13.2 Å². The van der Waals surface area contributed by atoms with Crippen LogP contribution in [0.5, 0.6) is 0 Å². The lowest BCUT2D eigenvalue weighted by molar-refractivity contribution is -0.138. The maximum Gasteiger partial charge on any atom is 0.416 e. The summed E-state index contributed by atoms with van der Waals surface area (Å²) in [6, 6.07) is 4.50. The van der Waals surface area contributed by atoms with Crippen LogP contribution in [0.1, 0.15) is 36.9 Å². The highest BCUT2D eigenvalue weighted by Crippen LogP contribution is 2.41. The minimum atomic E-state index is -4.47. The Balaban J connectivity index is 2.46. The van der Waals surface area contributed by atoms with Crippen LogP contribution in [0.2, 0.25) is 0 Å². The topological polar surface area (TPSA) is 37.4 Å². The summed E-state index contributed by atoms with van der Waals surface area (Å²) in [4.78, 5) is 0. The molecule has 0 spiro atoms. The lowest BCUT2D eigenvalue weighted by Crippen LogP contribution is -2.32. The molecule has 1 aromatic carbocycles. The van der Waals surface area contributed by atoms with E-state index < -0.39 is 27.8 Å². The molecule has 1 aliphatic heterocycles. The van der Waals surface area contributed by atoms with E-state index in [-0.39, 0.29) is 17.9 Å². The fourth-order valence-electron chi connectivity index (χ4n) is 2.60. The van der Waals surface area contributed by atoms with E-state index in [1.165, 1.54) is 29.4 Å². The van der Waals surface area contributed by atoms with E-state index in [4.69, 9.17) is 0 Å². The largest absolute Gasteiger partial charge is 0.416 e. The molecule has 1 fully saturated rings. The van der Waals surface area contributed by atoms with Crippen molar-refractivity contribution < 1.29 is 21.6 Å². The highest BCUT2D eigenvalue weighted by molar-refractivity contribution is 7.89. The summed E-state index contributed by atoms with van der Waals surface area (Å²) < 4.78 is 64.3. The number of nitrogens with zero attached hydrogens (tertiary/aromatic N) is 1. The van der Waals surface area contributed by atoms with Gasteiger partial charge in [0.05, 0.1) is 17.4 Å². The number of hydrogen-bond acceptors (Lipinski definition) is 2. The average molecular weight is 307 g/mol. The van der Waals surface area contributed by atoms with Crippen molar-refractivity contribution >= 4 is 10.0 Å². The van der Waals surface area contributed by atoms with Gasteiger partial charge in [0.2, 0.25) is 10.0 Å². The van der Waals surface area contributed by atoms with Crippen LogP contribution >= 0.6 is 0 Å². The average Bonchev–Trinajstić information content (AvgIpc) is 2.87. The van der Waals surface area contributed by atoms with Gasteiger partial charge >= 0.3 is 6.18 Å². The minimum Gasteiger partial charge on any atom is -0.212 e. The van der Waals surface area contributed by atoms with Gasteiger partial charge in [0.15, 0.2) is 0 Å². The molecule has 1 saturated heterocycles. The summed E-state index contributed by atoms with van der Waals surface area (Å²) >= 11 is 0. The molecule has 0 amide bonds. The second-order valence-electron chi connectivity index (χ2n) is 4.75. The molecule has 0 aromatic heterocycles. The second kappa shape index (κ2) is 5.37. The van der Waals surface area contributed by atoms with Crippen LogP contribution in [-0.2, 0) is 16.2 Å². The monoisotopic (exact) mass is 307 g/mol. The number of sulfonamides is 1. The van der Waals surface area contributed by atoms with Gasteiger partial charge in [0.1, 0.15) is 0 Å². The maximum atomic E-state index is 13.0. The lowest BCUT2D eigenvalue weighted by atomic mass is 9.99. The second-order valence-corrected chi connectivity index (χ2v) is 6.96. The van der Waals surface area contributed by atoms with E-state index in [9.17, 15) is 21.6 Å². The third-order valence-corrected chi connectivity index (χ3v) is 5.43. The smallest absolute Gasteiger partial charge is 0.212 e. The van der Waals surface area contributed by atoms with Crippen LogP contribution in [0.3, 0.4) is 0 Å². The number of halogens is 3. The van der Waals surface area contributed by atoms with E-state index in [0.29, 0.717) is 12.8 Å². The van der Waals surface area contributed by atoms with Crippen LogP contribution in [0, 0.1) is 0 Å². The maximum absolute atomic E-state index is 13.0. The van der Waals surface area contributed by atoms with E-state index in [2.05, 4.69) is 0 Å². The molecular weight excluding hydrogens is 291 g/mol. The van der Waals surface area contributed by atoms with E-state index in [1.807, 2.05) is 0 Å². The van der Waals surface area contributed by atoms with Crippen LogP contribution in [-0.4, -0.2) is 25.0 Å². The van der Waals surface area contributed by atoms with E-state index in [1.54, 1.807) is 0 Å². The Morgan fingerprint density at radius 1 is 1.30 bits per heavy atom. The van der Waals surface area contributed by atoms with Gasteiger partial charge < -0.3 is 0 Å². The van der Waals surface area contributed by atoms with Gasteiger partial charge in [-0.25, -0.2) is 8.42 Å². The Bertz CT molecular complexity index is 584. The lowest BCUT2D eigenvalue weighted by Gasteiger charge is -2.26. The van der Waals surface area contributed by atoms with Crippen LogP contribution in [0.15, 0.2) is 24.3 Å². The third-order valence-electron chi connectivity index (χ3n) is 3.55. The summed E-state index contributed by atoms with van der Waals surface area (Å²) in [6.07, 6.45) is -3.47. The molecule has 1 atom stereocenters. The highest BCUT2D eigenvalue weighted by Gasteiger charge is 2.40. The van der Waals surface area contributed by atoms with Crippen molar-refractivity contribution in [1.82, 2.24) is 4.31 Å². The molecule has 0 N–H and O–H groups in total. The Kier molecular flexibility index (Phi) is 4.11. The van der Waals surface area contributed by atoms with E-state index >= 15 is 0 Å². The summed E-state index contributed by atoms with van der Waals surface area (Å²) in [5.74, 6) is -0.0995. The SMILES string of the molecule is CCS(=O)(=O)N1CCCC1c1ccccc1C(F)(F)F. The van der Waals surface area contributed by atoms with Gasteiger partial charge in [-0.1, -0.05) is 18.2 Å². The predicted molar refractivity (Wildman–Crippen MR) is 69.6 cm³/mol. The van der Waals surface area contributed by atoms with E-state index in [0.717, 1.165) is 6.07 Å². The molecule has 0 radical (unpaired) electrons. The van der Waals surface area contributed by atoms with Gasteiger partial charge in [-0.05, 0) is 31.4 Å². The van der Waals surface area contributed by atoms with Gasteiger partial charge in [0, 0.05) is 6.54 Å². The molecule has 0 saturated carbocycles. The molecule has 1 aliphatic rings. The first kappa shape index (κ1) is 15.3. The number of rotatable bonds is 3. The highest BCUT2D eigenvalue weighted by atomic mass is 32.2. The third kappa shape index (κ3) is 2.83. The normalized spacial score (nSPS) is 21.3.